The molecule has 45 heavy (non-hydrogen) atoms. The predicted molar refractivity (Wildman–Crippen MR) is 174 cm³/mol. The summed E-state index contributed by atoms with van der Waals surface area (Å²) in [6.07, 6.45) is 0.599. The van der Waals surface area contributed by atoms with E-state index >= 15 is 0 Å². The number of aldehydes is 1. The highest BCUT2D eigenvalue weighted by atomic mass is 16.7. The Hall–Kier alpha value is -3.88. The van der Waals surface area contributed by atoms with Gasteiger partial charge in [0.25, 0.3) is 5.91 Å². The molecule has 5 atom stereocenters. The second-order valence-electron chi connectivity index (χ2n) is 11.4. The topological polar surface area (TPSA) is 114 Å². The van der Waals surface area contributed by atoms with Gasteiger partial charge in [0.2, 0.25) is 0 Å². The summed E-state index contributed by atoms with van der Waals surface area (Å²) in [5.41, 5.74) is 3.64. The summed E-state index contributed by atoms with van der Waals surface area (Å²) in [5.74, 6) is 5.27. The summed E-state index contributed by atoms with van der Waals surface area (Å²) in [7, 11) is 2.05. The van der Waals surface area contributed by atoms with Gasteiger partial charge in [0.15, 0.2) is 0 Å². The standard InChI is InChI=1S/C24H26N2O5.C12H18N2/c1-17(29)23-21(15-27)26(31-22(23)16-28)14-19-8-5-7-18(13-19)9-6-12-25-24(30)20-10-3-2-4-11-20;1-13-12-7-8-14(10-12)9-11-5-3-2-4-6-11/h2-5,7-8,10-11,13,15,17,21-23,28-29H,12,14,16H2,1H3,(H,25,30);2-6,12-13H,7-10H2,1H3/t17-,21+,22-,23-;12-/m11/s1. The first-order chi connectivity index (χ1) is 21.9. The molecular formula is C36H44N4O5. The molecule has 2 aliphatic heterocycles. The summed E-state index contributed by atoms with van der Waals surface area (Å²) in [5, 5.41) is 27.1. The van der Waals surface area contributed by atoms with Crippen LogP contribution in [0.2, 0.25) is 0 Å². The number of amides is 1. The van der Waals surface area contributed by atoms with Crippen LogP contribution in [0.15, 0.2) is 84.9 Å². The minimum Gasteiger partial charge on any atom is -0.394 e. The fourth-order valence-corrected chi connectivity index (χ4v) is 5.72. The van der Waals surface area contributed by atoms with Crippen LogP contribution in [0.5, 0.6) is 0 Å². The lowest BCUT2D eigenvalue weighted by Gasteiger charge is -2.22. The van der Waals surface area contributed by atoms with Crippen molar-refractivity contribution < 1.29 is 24.6 Å². The Morgan fingerprint density at radius 3 is 2.40 bits per heavy atom. The molecule has 4 N–H and O–H groups in total. The third kappa shape index (κ3) is 10.1. The monoisotopic (exact) mass is 612 g/mol. The number of aliphatic hydroxyl groups is 2. The molecule has 0 spiro atoms. The van der Waals surface area contributed by atoms with Gasteiger partial charge in [-0.1, -0.05) is 72.5 Å². The number of benzene rings is 3. The highest BCUT2D eigenvalue weighted by Crippen LogP contribution is 2.30. The number of aliphatic hydroxyl groups excluding tert-OH is 2. The zero-order chi connectivity index (χ0) is 32.0. The molecule has 9 heteroatoms. The van der Waals surface area contributed by atoms with Gasteiger partial charge < -0.3 is 25.6 Å². The summed E-state index contributed by atoms with van der Waals surface area (Å²) in [6, 6.07) is 27.1. The van der Waals surface area contributed by atoms with Gasteiger partial charge in [-0.05, 0) is 55.8 Å². The maximum atomic E-state index is 12.0. The molecule has 0 bridgehead atoms. The van der Waals surface area contributed by atoms with E-state index in [1.165, 1.54) is 30.1 Å². The van der Waals surface area contributed by atoms with Gasteiger partial charge >= 0.3 is 0 Å². The first kappa shape index (κ1) is 34.0. The van der Waals surface area contributed by atoms with E-state index in [1.54, 1.807) is 31.2 Å². The third-order valence-electron chi connectivity index (χ3n) is 8.10. The van der Waals surface area contributed by atoms with Crippen molar-refractivity contribution in [3.05, 3.63) is 107 Å². The van der Waals surface area contributed by atoms with Crippen molar-refractivity contribution in [2.75, 3.05) is 33.3 Å². The molecule has 2 heterocycles. The first-order valence-corrected chi connectivity index (χ1v) is 15.4. The van der Waals surface area contributed by atoms with Gasteiger partial charge in [-0.2, -0.15) is 5.06 Å². The average Bonchev–Trinajstić information content (AvgIpc) is 3.68. The lowest BCUT2D eigenvalue weighted by Crippen LogP contribution is -2.39. The Morgan fingerprint density at radius 2 is 1.76 bits per heavy atom. The molecule has 5 rings (SSSR count). The number of hydrogen-bond donors (Lipinski definition) is 4. The highest BCUT2D eigenvalue weighted by molar-refractivity contribution is 5.94. The first-order valence-electron chi connectivity index (χ1n) is 15.4. The van der Waals surface area contributed by atoms with E-state index in [0.29, 0.717) is 18.2 Å². The second-order valence-corrected chi connectivity index (χ2v) is 11.4. The lowest BCUT2D eigenvalue weighted by atomic mass is 9.91. The molecule has 2 saturated heterocycles. The molecule has 3 aromatic rings. The van der Waals surface area contributed by atoms with Gasteiger partial charge in [-0.15, -0.1) is 0 Å². The fourth-order valence-electron chi connectivity index (χ4n) is 5.72. The van der Waals surface area contributed by atoms with Crippen LogP contribution in [0.25, 0.3) is 0 Å². The predicted octanol–water partition coefficient (Wildman–Crippen LogP) is 2.62. The number of rotatable bonds is 10. The molecule has 3 aromatic carbocycles. The Balaban J connectivity index is 0.000000273. The van der Waals surface area contributed by atoms with Gasteiger partial charge in [-0.3, -0.25) is 14.5 Å². The molecule has 9 nitrogen and oxygen atoms in total. The molecular weight excluding hydrogens is 568 g/mol. The molecule has 238 valence electrons. The smallest absolute Gasteiger partial charge is 0.252 e. The molecule has 2 aliphatic rings. The zero-order valence-corrected chi connectivity index (χ0v) is 26.0. The lowest BCUT2D eigenvalue weighted by molar-refractivity contribution is -0.177. The second kappa shape index (κ2) is 17.6. The number of hydroxylamine groups is 2. The molecule has 0 aromatic heterocycles. The third-order valence-corrected chi connectivity index (χ3v) is 8.10. The van der Waals surface area contributed by atoms with Crippen LogP contribution in [0.3, 0.4) is 0 Å². The van der Waals surface area contributed by atoms with Crippen molar-refractivity contribution in [3.63, 3.8) is 0 Å². The van der Waals surface area contributed by atoms with Crippen LogP contribution in [-0.2, 0) is 22.7 Å². The average molecular weight is 613 g/mol. The number of carbonyl (C=O) groups excluding carboxylic acids is 2. The zero-order valence-electron chi connectivity index (χ0n) is 26.0. The quantitative estimate of drug-likeness (QED) is 0.204. The maximum Gasteiger partial charge on any atom is 0.252 e. The van der Waals surface area contributed by atoms with Crippen molar-refractivity contribution in [1.82, 2.24) is 20.6 Å². The Kier molecular flexibility index (Phi) is 13.3. The Labute approximate surface area is 266 Å². The van der Waals surface area contributed by atoms with Crippen LogP contribution in [0.1, 0.15) is 40.4 Å². The van der Waals surface area contributed by atoms with Crippen LogP contribution in [0, 0.1) is 17.8 Å². The SMILES string of the molecule is CN[C@@H]1CCN(Cc2ccccc2)C1.C[C@@H](O)[C@H]1[C@@H](CO)ON(Cc2cccc(C#CCNC(=O)c3ccccc3)c2)[C@H]1C=O. The molecule has 0 saturated carbocycles. The van der Waals surface area contributed by atoms with Gasteiger partial charge in [0.1, 0.15) is 12.4 Å². The maximum absolute atomic E-state index is 12.0. The molecule has 2 fully saturated rings. The highest BCUT2D eigenvalue weighted by Gasteiger charge is 2.45. The fraction of sp³-hybridized carbons (Fsp3) is 0.389. The summed E-state index contributed by atoms with van der Waals surface area (Å²) in [6.45, 7) is 5.34. The number of carbonyl (C=O) groups is 2. The molecule has 0 aliphatic carbocycles. The van der Waals surface area contributed by atoms with Crippen LogP contribution in [-0.4, -0.2) is 89.9 Å². The Morgan fingerprint density at radius 1 is 1.04 bits per heavy atom. The van der Waals surface area contributed by atoms with E-state index in [1.807, 2.05) is 30.3 Å². The van der Waals surface area contributed by atoms with E-state index in [9.17, 15) is 19.8 Å². The van der Waals surface area contributed by atoms with Crippen molar-refractivity contribution in [3.8, 4) is 11.8 Å². The largest absolute Gasteiger partial charge is 0.394 e. The van der Waals surface area contributed by atoms with Crippen LogP contribution in [0.4, 0.5) is 0 Å². The summed E-state index contributed by atoms with van der Waals surface area (Å²) < 4.78 is 0. The van der Waals surface area contributed by atoms with Crippen LogP contribution < -0.4 is 10.6 Å². The molecule has 0 radical (unpaired) electrons. The summed E-state index contributed by atoms with van der Waals surface area (Å²) in [4.78, 5) is 31.9. The number of nitrogens with one attached hydrogen (secondary N) is 2. The number of hydrogen-bond acceptors (Lipinski definition) is 8. The van der Waals surface area contributed by atoms with E-state index < -0.39 is 24.2 Å². The van der Waals surface area contributed by atoms with Crippen molar-refractivity contribution in [2.24, 2.45) is 5.92 Å². The van der Waals surface area contributed by atoms with Crippen molar-refractivity contribution >= 4 is 12.2 Å². The van der Waals surface area contributed by atoms with E-state index in [4.69, 9.17) is 4.84 Å². The minimum atomic E-state index is -0.791. The molecule has 1 amide bonds. The van der Waals surface area contributed by atoms with E-state index in [-0.39, 0.29) is 19.1 Å². The van der Waals surface area contributed by atoms with Crippen molar-refractivity contribution in [1.29, 1.82) is 0 Å². The normalized spacial score (nSPS) is 22.0. The van der Waals surface area contributed by atoms with Gasteiger partial charge in [0.05, 0.1) is 25.3 Å². The van der Waals surface area contributed by atoms with Crippen molar-refractivity contribution in [2.45, 2.75) is 50.7 Å². The molecule has 0 unspecified atom stereocenters. The van der Waals surface area contributed by atoms with E-state index in [2.05, 4.69) is 64.8 Å². The Bertz CT molecular complexity index is 1410. The van der Waals surface area contributed by atoms with Gasteiger partial charge in [-0.25, -0.2) is 0 Å². The summed E-state index contributed by atoms with van der Waals surface area (Å²) >= 11 is 0. The van der Waals surface area contributed by atoms with Gasteiger partial charge in [0, 0.05) is 49.3 Å². The minimum absolute atomic E-state index is 0.180. The number of likely N-dealkylation sites (tertiary alicyclic amines) is 1. The number of likely N-dealkylation sites (N-methyl/N-ethyl adjacent to an activating group) is 1. The number of nitrogens with zero attached hydrogens (tertiary/aromatic N) is 2. The van der Waals surface area contributed by atoms with Crippen LogP contribution >= 0.6 is 0 Å². The van der Waals surface area contributed by atoms with E-state index in [0.717, 1.165) is 24.0 Å².